The molecular formula is C25H19O2S2+. The van der Waals surface area contributed by atoms with E-state index in [0.29, 0.717) is 0 Å². The second-order valence-electron chi connectivity index (χ2n) is 6.69. The second kappa shape index (κ2) is 7.47. The lowest BCUT2D eigenvalue weighted by Gasteiger charge is -2.07. The fourth-order valence-electron chi connectivity index (χ4n) is 3.69. The van der Waals surface area contributed by atoms with E-state index in [2.05, 4.69) is 54.6 Å². The number of hydrogen-bond donors (Lipinski definition) is 0. The maximum absolute atomic E-state index is 13.5. The smallest absolute Gasteiger partial charge is 0.199 e. The molecule has 0 aliphatic rings. The average Bonchev–Trinajstić information content (AvgIpc) is 3.13. The van der Waals surface area contributed by atoms with Crippen LogP contribution in [-0.2, 0) is 10.8 Å². The van der Waals surface area contributed by atoms with Crippen molar-refractivity contribution >= 4 is 41.4 Å². The standard InChI is InChI=1S/C25H19O2S2/c1-27-18-15-16-24(29(26)19-9-3-2-4-10-19)25(17-18)28-22-13-7-5-11-20(22)21-12-6-8-14-23(21)28/h2-17H,1H3/q+1. The summed E-state index contributed by atoms with van der Waals surface area (Å²) in [5, 5.41) is 2.51. The zero-order chi connectivity index (χ0) is 19.8. The molecule has 0 fully saturated rings. The van der Waals surface area contributed by atoms with Crippen LogP contribution in [0.4, 0.5) is 0 Å². The Labute approximate surface area is 174 Å². The fraction of sp³-hybridized carbons (Fsp3) is 0.0400. The van der Waals surface area contributed by atoms with Gasteiger partial charge in [0.25, 0.3) is 0 Å². The van der Waals surface area contributed by atoms with E-state index in [1.165, 1.54) is 20.2 Å². The zero-order valence-electron chi connectivity index (χ0n) is 15.9. The summed E-state index contributed by atoms with van der Waals surface area (Å²) in [4.78, 5) is 2.71. The first-order valence-corrected chi connectivity index (χ1v) is 11.7. The highest BCUT2D eigenvalue weighted by molar-refractivity contribution is 7.85. The van der Waals surface area contributed by atoms with Gasteiger partial charge in [-0.15, -0.1) is 0 Å². The van der Waals surface area contributed by atoms with Gasteiger partial charge in [0.15, 0.2) is 14.3 Å². The normalized spacial score (nSPS) is 12.3. The van der Waals surface area contributed by atoms with Gasteiger partial charge in [-0.2, -0.15) is 0 Å². The number of thiophene rings is 1. The van der Waals surface area contributed by atoms with Crippen LogP contribution >= 0.6 is 10.5 Å². The van der Waals surface area contributed by atoms with Crippen molar-refractivity contribution in [3.63, 3.8) is 0 Å². The Morgan fingerprint density at radius 1 is 0.724 bits per heavy atom. The van der Waals surface area contributed by atoms with Crippen molar-refractivity contribution in [2.45, 2.75) is 9.79 Å². The molecule has 1 heterocycles. The molecular weight excluding hydrogens is 396 g/mol. The molecule has 29 heavy (non-hydrogen) atoms. The van der Waals surface area contributed by atoms with Crippen molar-refractivity contribution in [1.82, 2.24) is 0 Å². The maximum Gasteiger partial charge on any atom is 0.199 e. The Kier molecular flexibility index (Phi) is 4.66. The molecule has 0 aliphatic heterocycles. The highest BCUT2D eigenvalue weighted by Crippen LogP contribution is 2.51. The van der Waals surface area contributed by atoms with Crippen LogP contribution in [0, 0.1) is 0 Å². The van der Waals surface area contributed by atoms with E-state index >= 15 is 0 Å². The summed E-state index contributed by atoms with van der Waals surface area (Å²) < 4.78 is 21.6. The van der Waals surface area contributed by atoms with Gasteiger partial charge in [0.1, 0.15) is 10.6 Å². The Bertz CT molecular complexity index is 1300. The molecule has 4 aromatic carbocycles. The largest absolute Gasteiger partial charge is 0.497 e. The van der Waals surface area contributed by atoms with Crippen molar-refractivity contribution in [1.29, 1.82) is 0 Å². The molecule has 0 amide bonds. The first-order valence-electron chi connectivity index (χ1n) is 9.35. The average molecular weight is 416 g/mol. The molecule has 4 heteroatoms. The summed E-state index contributed by atoms with van der Waals surface area (Å²) in [6.07, 6.45) is 0. The first kappa shape index (κ1) is 18.1. The molecule has 0 radical (unpaired) electrons. The molecule has 2 nitrogen and oxygen atoms in total. The third-order valence-electron chi connectivity index (χ3n) is 5.03. The lowest BCUT2D eigenvalue weighted by Crippen LogP contribution is -1.95. The lowest BCUT2D eigenvalue weighted by molar-refractivity contribution is 0.415. The summed E-state index contributed by atoms with van der Waals surface area (Å²) in [6.45, 7) is 0. The van der Waals surface area contributed by atoms with Crippen LogP contribution < -0.4 is 4.74 Å². The molecule has 142 valence electrons. The van der Waals surface area contributed by atoms with E-state index in [1.807, 2.05) is 42.5 Å². The van der Waals surface area contributed by atoms with Gasteiger partial charge >= 0.3 is 0 Å². The highest BCUT2D eigenvalue weighted by Gasteiger charge is 2.28. The molecule has 0 N–H and O–H groups in total. The third-order valence-corrected chi connectivity index (χ3v) is 8.99. The molecule has 0 bridgehead atoms. The van der Waals surface area contributed by atoms with Crippen LogP contribution in [0.25, 0.3) is 25.1 Å². The summed E-state index contributed by atoms with van der Waals surface area (Å²) in [7, 11) is 0.0750. The first-order chi connectivity index (χ1) is 14.3. The summed E-state index contributed by atoms with van der Waals surface area (Å²) in [5.74, 6) is 0.781. The van der Waals surface area contributed by atoms with Gasteiger partial charge in [-0.3, -0.25) is 0 Å². The Hall–Kier alpha value is -2.95. The van der Waals surface area contributed by atoms with Crippen molar-refractivity contribution in [3.8, 4) is 10.6 Å². The van der Waals surface area contributed by atoms with Crippen molar-refractivity contribution < 1.29 is 8.95 Å². The molecule has 1 unspecified atom stereocenters. The Morgan fingerprint density at radius 3 is 1.93 bits per heavy atom. The molecule has 0 aliphatic carbocycles. The predicted molar refractivity (Wildman–Crippen MR) is 123 cm³/mol. The van der Waals surface area contributed by atoms with E-state index in [-0.39, 0.29) is 10.5 Å². The molecule has 0 saturated heterocycles. The number of benzene rings is 4. The number of hydrogen-bond acceptors (Lipinski definition) is 2. The van der Waals surface area contributed by atoms with Crippen LogP contribution in [0.1, 0.15) is 0 Å². The number of rotatable bonds is 4. The molecule has 1 aromatic heterocycles. The molecule has 5 aromatic rings. The van der Waals surface area contributed by atoms with Gasteiger partial charge in [-0.1, -0.05) is 42.5 Å². The Balaban J connectivity index is 1.86. The Morgan fingerprint density at radius 2 is 1.31 bits per heavy atom. The van der Waals surface area contributed by atoms with Gasteiger partial charge in [0.05, 0.1) is 17.9 Å². The topological polar surface area (TPSA) is 26.3 Å². The molecule has 5 rings (SSSR count). The number of ether oxygens (including phenoxy) is 1. The van der Waals surface area contributed by atoms with E-state index in [9.17, 15) is 4.21 Å². The third kappa shape index (κ3) is 3.05. The molecule has 0 saturated carbocycles. The lowest BCUT2D eigenvalue weighted by atomic mass is 10.2. The quantitative estimate of drug-likeness (QED) is 0.298. The minimum atomic E-state index is -1.27. The number of methoxy groups -OCH3 is 1. The SMILES string of the molecule is COc1ccc(S(=O)c2ccccc2)c(-[s+]2c3ccccc3c3ccccc32)c1. The highest BCUT2D eigenvalue weighted by atomic mass is 32.2. The van der Waals surface area contributed by atoms with Gasteiger partial charge in [-0.05, 0) is 48.5 Å². The van der Waals surface area contributed by atoms with Crippen LogP contribution in [0.15, 0.2) is 107 Å². The van der Waals surface area contributed by atoms with Crippen molar-refractivity contribution in [3.05, 3.63) is 97.1 Å². The van der Waals surface area contributed by atoms with Crippen LogP contribution in [0.5, 0.6) is 5.75 Å². The van der Waals surface area contributed by atoms with Crippen LogP contribution in [-0.4, -0.2) is 11.3 Å². The van der Waals surface area contributed by atoms with Gasteiger partial charge in [0, 0.05) is 32.2 Å². The second-order valence-corrected chi connectivity index (χ2v) is 10.1. The molecule has 0 spiro atoms. The van der Waals surface area contributed by atoms with Gasteiger partial charge in [-0.25, -0.2) is 4.21 Å². The van der Waals surface area contributed by atoms with Gasteiger partial charge in [0.2, 0.25) is 0 Å². The predicted octanol–water partition coefficient (Wildman–Crippen LogP) is 6.91. The van der Waals surface area contributed by atoms with Crippen LogP contribution in [0.3, 0.4) is 0 Å². The minimum absolute atomic E-state index is 0.331. The number of fused-ring (bicyclic) bond motifs is 3. The van der Waals surface area contributed by atoms with E-state index in [0.717, 1.165) is 20.4 Å². The minimum Gasteiger partial charge on any atom is -0.497 e. The van der Waals surface area contributed by atoms with Gasteiger partial charge < -0.3 is 4.74 Å². The van der Waals surface area contributed by atoms with Crippen molar-refractivity contribution in [2.24, 2.45) is 0 Å². The zero-order valence-corrected chi connectivity index (χ0v) is 17.5. The summed E-state index contributed by atoms with van der Waals surface area (Å²) in [6, 6.07) is 32.6. The maximum atomic E-state index is 13.5. The monoisotopic (exact) mass is 415 g/mol. The summed E-state index contributed by atoms with van der Waals surface area (Å²) in [5.41, 5.74) is 0. The molecule has 1 atom stereocenters. The van der Waals surface area contributed by atoms with E-state index in [4.69, 9.17) is 4.74 Å². The fourth-order valence-corrected chi connectivity index (χ4v) is 7.70. The van der Waals surface area contributed by atoms with Crippen molar-refractivity contribution in [2.75, 3.05) is 7.11 Å². The van der Waals surface area contributed by atoms with E-state index in [1.54, 1.807) is 7.11 Å². The van der Waals surface area contributed by atoms with E-state index < -0.39 is 10.8 Å². The van der Waals surface area contributed by atoms with Crippen LogP contribution in [0.2, 0.25) is 0 Å². The summed E-state index contributed by atoms with van der Waals surface area (Å²) >= 11 is 0.